The quantitative estimate of drug-likeness (QED) is 0.603. The van der Waals surface area contributed by atoms with Crippen LogP contribution in [-0.2, 0) is 4.79 Å². The average Bonchev–Trinajstić information content (AvgIpc) is 3.41. The first-order chi connectivity index (χ1) is 15.3. The van der Waals surface area contributed by atoms with E-state index in [0.717, 1.165) is 11.3 Å². The number of hydrogen-bond acceptors (Lipinski definition) is 5. The van der Waals surface area contributed by atoms with E-state index in [9.17, 15) is 14.4 Å². The van der Waals surface area contributed by atoms with E-state index in [4.69, 9.17) is 5.73 Å². The zero-order chi connectivity index (χ0) is 22.8. The van der Waals surface area contributed by atoms with Crippen molar-refractivity contribution in [3.63, 3.8) is 0 Å². The molecule has 4 rings (SSSR count). The molecule has 32 heavy (non-hydrogen) atoms. The summed E-state index contributed by atoms with van der Waals surface area (Å²) in [6, 6.07) is 14.4. The molecule has 0 radical (unpaired) electrons. The molecule has 0 aliphatic carbocycles. The zero-order valence-electron chi connectivity index (χ0n) is 18.0. The molecule has 0 saturated carbocycles. The normalized spacial score (nSPS) is 15.6. The summed E-state index contributed by atoms with van der Waals surface area (Å²) < 4.78 is 1.56. The van der Waals surface area contributed by atoms with E-state index in [1.54, 1.807) is 33.8 Å². The number of benzene rings is 2. The third-order valence-corrected chi connectivity index (χ3v) is 5.65. The molecule has 0 spiro atoms. The molecule has 1 aliphatic heterocycles. The molecule has 1 saturated heterocycles. The Kier molecular flexibility index (Phi) is 5.77. The van der Waals surface area contributed by atoms with Crippen molar-refractivity contribution in [2.24, 2.45) is 5.92 Å². The van der Waals surface area contributed by atoms with Gasteiger partial charge in [-0.05, 0) is 49.7 Å². The van der Waals surface area contributed by atoms with Crippen LogP contribution >= 0.6 is 0 Å². The van der Waals surface area contributed by atoms with Crippen molar-refractivity contribution in [1.29, 1.82) is 0 Å². The summed E-state index contributed by atoms with van der Waals surface area (Å²) in [7, 11) is 0. The molecule has 1 fully saturated rings. The molecule has 0 unspecified atom stereocenters. The second kappa shape index (κ2) is 8.66. The Morgan fingerprint density at radius 2 is 1.75 bits per heavy atom. The Morgan fingerprint density at radius 1 is 1.06 bits per heavy atom. The minimum atomic E-state index is -0.324. The van der Waals surface area contributed by atoms with Crippen molar-refractivity contribution in [3.8, 4) is 5.69 Å². The smallest absolute Gasteiger partial charge is 0.253 e. The lowest BCUT2D eigenvalue weighted by molar-refractivity contribution is -0.114. The van der Waals surface area contributed by atoms with Crippen LogP contribution in [0.4, 0.5) is 11.5 Å². The third-order valence-electron chi connectivity index (χ3n) is 5.65. The number of carbonyl (C=O) groups is 3. The number of hydrogen-bond donors (Lipinski definition) is 2. The van der Waals surface area contributed by atoms with E-state index in [0.29, 0.717) is 42.1 Å². The number of rotatable bonds is 5. The summed E-state index contributed by atoms with van der Waals surface area (Å²) in [5, 5.41) is 6.97. The molecule has 2 amide bonds. The van der Waals surface area contributed by atoms with Crippen LogP contribution in [0.2, 0.25) is 0 Å². The highest BCUT2D eigenvalue weighted by atomic mass is 16.2. The summed E-state index contributed by atoms with van der Waals surface area (Å²) >= 11 is 0. The SMILES string of the molecule is CC(=O)Nc1ccc(C(=O)N2CC[C@H](C(=O)c3cnn(-c4ccc(C)cc4)c3N)C2)cc1. The van der Waals surface area contributed by atoms with Crippen LogP contribution in [0.25, 0.3) is 5.69 Å². The number of carbonyl (C=O) groups excluding carboxylic acids is 3. The number of amides is 2. The van der Waals surface area contributed by atoms with Gasteiger partial charge in [-0.3, -0.25) is 14.4 Å². The highest BCUT2D eigenvalue weighted by Gasteiger charge is 2.33. The van der Waals surface area contributed by atoms with Gasteiger partial charge in [-0.15, -0.1) is 0 Å². The maximum Gasteiger partial charge on any atom is 0.253 e. The van der Waals surface area contributed by atoms with Crippen LogP contribution in [0.3, 0.4) is 0 Å². The van der Waals surface area contributed by atoms with Crippen molar-refractivity contribution < 1.29 is 14.4 Å². The number of nitrogens with zero attached hydrogens (tertiary/aromatic N) is 3. The van der Waals surface area contributed by atoms with Crippen LogP contribution in [0.1, 0.15) is 39.6 Å². The summed E-state index contributed by atoms with van der Waals surface area (Å²) in [5.74, 6) is -0.433. The second-order valence-electron chi connectivity index (χ2n) is 8.05. The van der Waals surface area contributed by atoms with Gasteiger partial charge < -0.3 is 16.0 Å². The molecule has 1 atom stereocenters. The minimum absolute atomic E-state index is 0.0998. The monoisotopic (exact) mass is 431 g/mol. The third kappa shape index (κ3) is 4.25. The van der Waals surface area contributed by atoms with Gasteiger partial charge in [0.15, 0.2) is 5.78 Å². The molecule has 164 valence electrons. The van der Waals surface area contributed by atoms with E-state index in [2.05, 4.69) is 10.4 Å². The topological polar surface area (TPSA) is 110 Å². The van der Waals surface area contributed by atoms with Crippen molar-refractivity contribution in [3.05, 3.63) is 71.4 Å². The van der Waals surface area contributed by atoms with Gasteiger partial charge in [-0.2, -0.15) is 5.10 Å². The van der Waals surface area contributed by atoms with E-state index in [-0.39, 0.29) is 23.5 Å². The Hall–Kier alpha value is -3.94. The van der Waals surface area contributed by atoms with Gasteiger partial charge >= 0.3 is 0 Å². The maximum atomic E-state index is 13.1. The van der Waals surface area contributed by atoms with Crippen LogP contribution < -0.4 is 11.1 Å². The lowest BCUT2D eigenvalue weighted by Gasteiger charge is -2.16. The lowest BCUT2D eigenvalue weighted by atomic mass is 9.98. The number of anilines is 2. The van der Waals surface area contributed by atoms with Gasteiger partial charge in [-0.1, -0.05) is 17.7 Å². The molecular weight excluding hydrogens is 406 g/mol. The van der Waals surface area contributed by atoms with Gasteiger partial charge in [-0.25, -0.2) is 4.68 Å². The molecule has 2 heterocycles. The minimum Gasteiger partial charge on any atom is -0.383 e. The number of aryl methyl sites for hydroxylation is 1. The van der Waals surface area contributed by atoms with E-state index in [1.165, 1.54) is 13.1 Å². The number of Topliss-reactive ketones (excluding diaryl/α,β-unsaturated/α-hetero) is 1. The Bertz CT molecular complexity index is 1170. The molecule has 8 nitrogen and oxygen atoms in total. The Morgan fingerprint density at radius 3 is 2.41 bits per heavy atom. The van der Waals surface area contributed by atoms with Gasteiger partial charge in [0, 0.05) is 37.2 Å². The summed E-state index contributed by atoms with van der Waals surface area (Å²) in [5.41, 5.74) is 9.68. The Labute approximate surface area is 186 Å². The van der Waals surface area contributed by atoms with Gasteiger partial charge in [0.1, 0.15) is 5.82 Å². The van der Waals surface area contributed by atoms with Crippen molar-refractivity contribution >= 4 is 29.1 Å². The van der Waals surface area contributed by atoms with Crippen LogP contribution in [0.5, 0.6) is 0 Å². The first-order valence-corrected chi connectivity index (χ1v) is 10.4. The van der Waals surface area contributed by atoms with E-state index in [1.807, 2.05) is 31.2 Å². The number of likely N-dealkylation sites (tertiary alicyclic amines) is 1. The molecule has 1 aliphatic rings. The largest absolute Gasteiger partial charge is 0.383 e. The molecule has 3 N–H and O–H groups in total. The van der Waals surface area contributed by atoms with Crippen molar-refractivity contribution in [2.75, 3.05) is 24.1 Å². The number of ketones is 1. The highest BCUT2D eigenvalue weighted by Crippen LogP contribution is 2.26. The van der Waals surface area contributed by atoms with Gasteiger partial charge in [0.05, 0.1) is 17.4 Å². The van der Waals surface area contributed by atoms with Crippen molar-refractivity contribution in [1.82, 2.24) is 14.7 Å². The zero-order valence-corrected chi connectivity index (χ0v) is 18.0. The number of nitrogens with one attached hydrogen (secondary N) is 1. The van der Waals surface area contributed by atoms with Gasteiger partial charge in [0.2, 0.25) is 5.91 Å². The maximum absolute atomic E-state index is 13.1. The number of nitrogen functional groups attached to an aromatic ring is 1. The molecule has 2 aromatic carbocycles. The molecule has 8 heteroatoms. The molecule has 1 aromatic heterocycles. The fraction of sp³-hybridized carbons (Fsp3) is 0.250. The summed E-state index contributed by atoms with van der Waals surface area (Å²) in [6.07, 6.45) is 2.08. The number of aromatic nitrogens is 2. The molecule has 0 bridgehead atoms. The highest BCUT2D eigenvalue weighted by molar-refractivity contribution is 6.03. The van der Waals surface area contributed by atoms with E-state index < -0.39 is 0 Å². The standard InChI is InChI=1S/C24H25N5O3/c1-15-3-9-20(10-4-15)29-23(25)21(13-26-29)22(31)18-11-12-28(14-18)24(32)17-5-7-19(8-6-17)27-16(2)30/h3-10,13,18H,11-12,14,25H2,1-2H3,(H,27,30)/t18-/m0/s1. The number of nitrogens with two attached hydrogens (primary N) is 1. The lowest BCUT2D eigenvalue weighted by Crippen LogP contribution is -2.30. The average molecular weight is 431 g/mol. The predicted molar refractivity (Wildman–Crippen MR) is 122 cm³/mol. The molecular formula is C24H25N5O3. The summed E-state index contributed by atoms with van der Waals surface area (Å²) in [4.78, 5) is 38.8. The second-order valence-corrected chi connectivity index (χ2v) is 8.05. The fourth-order valence-corrected chi connectivity index (χ4v) is 3.90. The summed E-state index contributed by atoms with van der Waals surface area (Å²) in [6.45, 7) is 4.25. The molecule has 3 aromatic rings. The predicted octanol–water partition coefficient (Wildman–Crippen LogP) is 3.07. The van der Waals surface area contributed by atoms with E-state index >= 15 is 0 Å². The van der Waals surface area contributed by atoms with Crippen LogP contribution in [-0.4, -0.2) is 45.4 Å². The van der Waals surface area contributed by atoms with Crippen LogP contribution in [0, 0.1) is 12.8 Å². The van der Waals surface area contributed by atoms with Crippen molar-refractivity contribution in [2.45, 2.75) is 20.3 Å². The fourth-order valence-electron chi connectivity index (χ4n) is 3.90. The first-order valence-electron chi connectivity index (χ1n) is 10.4. The van der Waals surface area contributed by atoms with Gasteiger partial charge in [0.25, 0.3) is 5.91 Å². The first kappa shape index (κ1) is 21.3. The van der Waals surface area contributed by atoms with Crippen LogP contribution in [0.15, 0.2) is 54.7 Å². The Balaban J connectivity index is 1.44.